The normalized spacial score (nSPS) is 17.7. The SMILES string of the molecule is CCCOCc1ccccc1CN=C(NCC)N(C)CC1CCOC1. The zero-order valence-corrected chi connectivity index (χ0v) is 16.0. The van der Waals surface area contributed by atoms with Crippen molar-refractivity contribution in [3.63, 3.8) is 0 Å². The molecule has 0 aliphatic carbocycles. The van der Waals surface area contributed by atoms with Crippen molar-refractivity contribution in [1.29, 1.82) is 0 Å². The largest absolute Gasteiger partial charge is 0.381 e. The van der Waals surface area contributed by atoms with Gasteiger partial charge >= 0.3 is 0 Å². The molecule has 1 aromatic rings. The fourth-order valence-electron chi connectivity index (χ4n) is 3.01. The van der Waals surface area contributed by atoms with E-state index in [0.29, 0.717) is 19.1 Å². The van der Waals surface area contributed by atoms with Gasteiger partial charge in [-0.15, -0.1) is 0 Å². The van der Waals surface area contributed by atoms with E-state index in [1.807, 2.05) is 0 Å². The van der Waals surface area contributed by atoms with Crippen LogP contribution in [0.25, 0.3) is 0 Å². The first-order valence-electron chi connectivity index (χ1n) is 9.46. The first-order chi connectivity index (χ1) is 12.2. The fraction of sp³-hybridized carbons (Fsp3) is 0.650. The van der Waals surface area contributed by atoms with Gasteiger partial charge in [0.2, 0.25) is 0 Å². The van der Waals surface area contributed by atoms with Gasteiger partial charge in [-0.2, -0.15) is 0 Å². The second kappa shape index (κ2) is 11.1. The summed E-state index contributed by atoms with van der Waals surface area (Å²) < 4.78 is 11.2. The average Bonchev–Trinajstić information content (AvgIpc) is 3.12. The van der Waals surface area contributed by atoms with Gasteiger partial charge in [0.05, 0.1) is 19.8 Å². The Balaban J connectivity index is 1.99. The molecule has 1 atom stereocenters. The molecule has 0 spiro atoms. The maximum Gasteiger partial charge on any atom is 0.193 e. The Bertz CT molecular complexity index is 527. The fourth-order valence-corrected chi connectivity index (χ4v) is 3.01. The summed E-state index contributed by atoms with van der Waals surface area (Å²) in [6.45, 7) is 9.95. The molecule has 1 N–H and O–H groups in total. The van der Waals surface area contributed by atoms with Crippen LogP contribution in [0.5, 0.6) is 0 Å². The van der Waals surface area contributed by atoms with Crippen molar-refractivity contribution < 1.29 is 9.47 Å². The molecule has 1 aliphatic rings. The molecule has 0 bridgehead atoms. The number of aliphatic imine (C=N–C) groups is 1. The highest BCUT2D eigenvalue weighted by Gasteiger charge is 2.19. The van der Waals surface area contributed by atoms with Crippen LogP contribution in [-0.2, 0) is 22.6 Å². The minimum Gasteiger partial charge on any atom is -0.381 e. The molecule has 140 valence electrons. The van der Waals surface area contributed by atoms with Crippen LogP contribution in [-0.4, -0.2) is 50.8 Å². The van der Waals surface area contributed by atoms with Crippen molar-refractivity contribution in [3.8, 4) is 0 Å². The van der Waals surface area contributed by atoms with Crippen molar-refractivity contribution in [2.45, 2.75) is 39.8 Å². The van der Waals surface area contributed by atoms with E-state index in [1.165, 1.54) is 11.1 Å². The quantitative estimate of drug-likeness (QED) is 0.424. The van der Waals surface area contributed by atoms with Gasteiger partial charge in [0.25, 0.3) is 0 Å². The molecule has 25 heavy (non-hydrogen) atoms. The summed E-state index contributed by atoms with van der Waals surface area (Å²) >= 11 is 0. The van der Waals surface area contributed by atoms with E-state index in [4.69, 9.17) is 14.5 Å². The Labute approximate surface area is 152 Å². The molecule has 0 saturated carbocycles. The van der Waals surface area contributed by atoms with Crippen molar-refractivity contribution in [3.05, 3.63) is 35.4 Å². The number of benzene rings is 1. The van der Waals surface area contributed by atoms with E-state index < -0.39 is 0 Å². The second-order valence-electron chi connectivity index (χ2n) is 6.60. The molecule has 1 heterocycles. The molecule has 1 aromatic carbocycles. The number of rotatable bonds is 9. The number of nitrogens with zero attached hydrogens (tertiary/aromatic N) is 2. The van der Waals surface area contributed by atoms with Crippen LogP contribution in [0.2, 0.25) is 0 Å². The Morgan fingerprint density at radius 1 is 1.32 bits per heavy atom. The summed E-state index contributed by atoms with van der Waals surface area (Å²) in [7, 11) is 2.11. The van der Waals surface area contributed by atoms with Gasteiger partial charge in [0, 0.05) is 39.3 Å². The molecular weight excluding hydrogens is 314 g/mol. The number of hydrogen-bond acceptors (Lipinski definition) is 3. The number of guanidine groups is 1. The van der Waals surface area contributed by atoms with Gasteiger partial charge in [0.15, 0.2) is 5.96 Å². The van der Waals surface area contributed by atoms with Crippen LogP contribution < -0.4 is 5.32 Å². The predicted molar refractivity (Wildman–Crippen MR) is 103 cm³/mol. The maximum absolute atomic E-state index is 5.71. The highest BCUT2D eigenvalue weighted by Crippen LogP contribution is 2.14. The van der Waals surface area contributed by atoms with E-state index in [0.717, 1.165) is 51.7 Å². The molecule has 5 nitrogen and oxygen atoms in total. The lowest BCUT2D eigenvalue weighted by molar-refractivity contribution is 0.121. The standard InChI is InChI=1S/C20H33N3O2/c1-4-11-24-16-19-9-7-6-8-18(19)13-22-20(21-5-2)23(3)14-17-10-12-25-15-17/h6-9,17H,4-5,10-16H2,1-3H3,(H,21,22). The third-order valence-electron chi connectivity index (χ3n) is 4.38. The van der Waals surface area contributed by atoms with Crippen molar-refractivity contribution >= 4 is 5.96 Å². The first-order valence-corrected chi connectivity index (χ1v) is 9.46. The van der Waals surface area contributed by atoms with Gasteiger partial charge in [-0.05, 0) is 30.9 Å². The Kier molecular flexibility index (Phi) is 8.77. The lowest BCUT2D eigenvalue weighted by Gasteiger charge is -2.24. The van der Waals surface area contributed by atoms with Crippen LogP contribution in [0.3, 0.4) is 0 Å². The van der Waals surface area contributed by atoms with Gasteiger partial charge in [-0.3, -0.25) is 0 Å². The minimum absolute atomic E-state index is 0.601. The molecular formula is C20H33N3O2. The number of ether oxygens (including phenoxy) is 2. The third kappa shape index (κ3) is 6.67. The maximum atomic E-state index is 5.71. The van der Waals surface area contributed by atoms with E-state index in [9.17, 15) is 0 Å². The Morgan fingerprint density at radius 3 is 2.80 bits per heavy atom. The van der Waals surface area contributed by atoms with Crippen LogP contribution in [0.4, 0.5) is 0 Å². The first kappa shape index (κ1) is 19.7. The average molecular weight is 348 g/mol. The molecule has 0 aromatic heterocycles. The van der Waals surface area contributed by atoms with Crippen molar-refractivity contribution in [2.24, 2.45) is 10.9 Å². The smallest absolute Gasteiger partial charge is 0.193 e. The molecule has 0 amide bonds. The molecule has 1 fully saturated rings. The van der Waals surface area contributed by atoms with E-state index in [-0.39, 0.29) is 0 Å². The van der Waals surface area contributed by atoms with Gasteiger partial charge < -0.3 is 19.7 Å². The lowest BCUT2D eigenvalue weighted by Crippen LogP contribution is -2.41. The van der Waals surface area contributed by atoms with Gasteiger partial charge in [0.1, 0.15) is 0 Å². The summed E-state index contributed by atoms with van der Waals surface area (Å²) in [4.78, 5) is 7.07. The van der Waals surface area contributed by atoms with Crippen molar-refractivity contribution in [2.75, 3.05) is 40.0 Å². The Hall–Kier alpha value is -1.59. The molecule has 2 rings (SSSR count). The summed E-state index contributed by atoms with van der Waals surface area (Å²) in [5.41, 5.74) is 2.45. The zero-order valence-electron chi connectivity index (χ0n) is 16.0. The topological polar surface area (TPSA) is 46.1 Å². The molecule has 1 unspecified atom stereocenters. The Morgan fingerprint density at radius 2 is 2.12 bits per heavy atom. The third-order valence-corrected chi connectivity index (χ3v) is 4.38. The highest BCUT2D eigenvalue weighted by molar-refractivity contribution is 5.79. The van der Waals surface area contributed by atoms with Crippen LogP contribution in [0, 0.1) is 5.92 Å². The van der Waals surface area contributed by atoms with E-state index >= 15 is 0 Å². The lowest BCUT2D eigenvalue weighted by atomic mass is 10.1. The van der Waals surface area contributed by atoms with E-state index in [1.54, 1.807) is 0 Å². The minimum atomic E-state index is 0.601. The molecule has 0 radical (unpaired) electrons. The van der Waals surface area contributed by atoms with Gasteiger partial charge in [-0.25, -0.2) is 4.99 Å². The monoisotopic (exact) mass is 347 g/mol. The highest BCUT2D eigenvalue weighted by atomic mass is 16.5. The summed E-state index contributed by atoms with van der Waals surface area (Å²) in [5.74, 6) is 1.56. The molecule has 1 aliphatic heterocycles. The summed E-state index contributed by atoms with van der Waals surface area (Å²) in [6, 6.07) is 8.41. The predicted octanol–water partition coefficient (Wildman–Crippen LogP) is 3.05. The summed E-state index contributed by atoms with van der Waals surface area (Å²) in [6.07, 6.45) is 2.18. The van der Waals surface area contributed by atoms with Crippen LogP contribution in [0.15, 0.2) is 29.3 Å². The molecule has 1 saturated heterocycles. The number of nitrogens with one attached hydrogen (secondary N) is 1. The zero-order chi connectivity index (χ0) is 17.9. The van der Waals surface area contributed by atoms with Crippen molar-refractivity contribution in [1.82, 2.24) is 10.2 Å². The number of hydrogen-bond donors (Lipinski definition) is 1. The summed E-state index contributed by atoms with van der Waals surface area (Å²) in [5, 5.41) is 3.40. The van der Waals surface area contributed by atoms with Crippen LogP contribution in [0.1, 0.15) is 37.8 Å². The second-order valence-corrected chi connectivity index (χ2v) is 6.60. The van der Waals surface area contributed by atoms with Crippen LogP contribution >= 0.6 is 0 Å². The van der Waals surface area contributed by atoms with E-state index in [2.05, 4.69) is 55.4 Å². The van der Waals surface area contributed by atoms with Gasteiger partial charge in [-0.1, -0.05) is 31.2 Å². The molecule has 5 heteroatoms.